The third-order valence-corrected chi connectivity index (χ3v) is 5.91. The van der Waals surface area contributed by atoms with Gasteiger partial charge in [0.15, 0.2) is 0 Å². The van der Waals surface area contributed by atoms with Crippen molar-refractivity contribution in [3.63, 3.8) is 0 Å². The van der Waals surface area contributed by atoms with Crippen LogP contribution in [0.5, 0.6) is 0 Å². The number of likely N-dealkylation sites (N-methyl/N-ethyl adjacent to an activating group) is 1. The van der Waals surface area contributed by atoms with Crippen molar-refractivity contribution in [3.8, 4) is 0 Å². The van der Waals surface area contributed by atoms with Gasteiger partial charge < -0.3 is 4.90 Å². The van der Waals surface area contributed by atoms with Crippen molar-refractivity contribution in [2.45, 2.75) is 36.9 Å². The van der Waals surface area contributed by atoms with Gasteiger partial charge in [-0.3, -0.25) is 0 Å². The molecule has 0 bridgehead atoms. The Morgan fingerprint density at radius 2 is 2.09 bits per heavy atom. The maximum atomic E-state index is 12.8. The molecule has 1 aliphatic rings. The summed E-state index contributed by atoms with van der Waals surface area (Å²) in [7, 11) is -4.00. The van der Waals surface area contributed by atoms with Crippen LogP contribution in [0.25, 0.3) is 0 Å². The van der Waals surface area contributed by atoms with E-state index >= 15 is 0 Å². The van der Waals surface area contributed by atoms with E-state index in [4.69, 9.17) is 11.6 Å². The van der Waals surface area contributed by atoms with Crippen molar-refractivity contribution in [2.24, 2.45) is 0 Å². The maximum Gasteiger partial charge on any atom is 0.417 e. The molecular formula is C14H19ClF3N2O2S+. The van der Waals surface area contributed by atoms with Gasteiger partial charge in [-0.05, 0) is 25.1 Å². The number of quaternary nitrogens is 1. The first-order valence-electron chi connectivity index (χ1n) is 7.36. The Morgan fingerprint density at radius 1 is 1.39 bits per heavy atom. The lowest BCUT2D eigenvalue weighted by atomic mass is 10.2. The standard InChI is InChI=1S/C14H18ClF3N2O2S/c1-2-20-7-3-4-10(20)9-19-23(21,22)11-5-6-13(15)12(8-11)14(16,17)18/h5-6,8,10,19H,2-4,7,9H2,1H3/p+1/t10-/m0/s1. The molecule has 0 amide bonds. The topological polar surface area (TPSA) is 50.6 Å². The third-order valence-electron chi connectivity index (χ3n) is 4.16. The zero-order chi connectivity index (χ0) is 17.3. The average molecular weight is 372 g/mol. The maximum absolute atomic E-state index is 12.8. The highest BCUT2D eigenvalue weighted by Crippen LogP contribution is 2.35. The molecule has 1 unspecified atom stereocenters. The van der Waals surface area contributed by atoms with Crippen LogP contribution in [-0.2, 0) is 16.2 Å². The summed E-state index contributed by atoms with van der Waals surface area (Å²) in [5, 5.41) is -0.520. The van der Waals surface area contributed by atoms with Crippen molar-refractivity contribution >= 4 is 21.6 Å². The number of hydrogen-bond donors (Lipinski definition) is 2. The van der Waals surface area contributed by atoms with Crippen LogP contribution in [0.15, 0.2) is 23.1 Å². The van der Waals surface area contributed by atoms with Gasteiger partial charge in [-0.1, -0.05) is 11.6 Å². The number of rotatable bonds is 5. The van der Waals surface area contributed by atoms with Crippen LogP contribution in [0.4, 0.5) is 13.2 Å². The lowest BCUT2D eigenvalue weighted by Crippen LogP contribution is -3.14. The number of likely N-dealkylation sites (tertiary alicyclic amines) is 1. The van der Waals surface area contributed by atoms with Gasteiger partial charge in [0, 0.05) is 12.8 Å². The van der Waals surface area contributed by atoms with Crippen LogP contribution in [0.3, 0.4) is 0 Å². The normalized spacial score (nSPS) is 22.5. The number of hydrogen-bond acceptors (Lipinski definition) is 2. The molecule has 9 heteroatoms. The molecule has 1 heterocycles. The summed E-state index contributed by atoms with van der Waals surface area (Å²) in [6.45, 7) is 4.13. The van der Waals surface area contributed by atoms with Crippen LogP contribution in [0.1, 0.15) is 25.3 Å². The predicted molar refractivity (Wildman–Crippen MR) is 81.0 cm³/mol. The number of sulfonamides is 1. The van der Waals surface area contributed by atoms with Crippen molar-refractivity contribution in [1.82, 2.24) is 4.72 Å². The van der Waals surface area contributed by atoms with Gasteiger partial charge in [0.25, 0.3) is 0 Å². The van der Waals surface area contributed by atoms with Crippen molar-refractivity contribution < 1.29 is 26.5 Å². The van der Waals surface area contributed by atoms with Crippen LogP contribution in [-0.4, -0.2) is 34.1 Å². The van der Waals surface area contributed by atoms with Crippen molar-refractivity contribution in [1.29, 1.82) is 0 Å². The number of halogens is 4. The van der Waals surface area contributed by atoms with Gasteiger partial charge >= 0.3 is 6.18 Å². The number of benzene rings is 1. The fourth-order valence-electron chi connectivity index (χ4n) is 2.88. The molecule has 130 valence electrons. The lowest BCUT2D eigenvalue weighted by Gasteiger charge is -2.20. The minimum absolute atomic E-state index is 0.157. The average Bonchev–Trinajstić information content (AvgIpc) is 2.91. The third kappa shape index (κ3) is 4.37. The highest BCUT2D eigenvalue weighted by atomic mass is 35.5. The van der Waals surface area contributed by atoms with Crippen LogP contribution in [0.2, 0.25) is 5.02 Å². The van der Waals surface area contributed by atoms with Gasteiger partial charge in [0.05, 0.1) is 35.1 Å². The fraction of sp³-hybridized carbons (Fsp3) is 0.571. The molecule has 0 aliphatic carbocycles. The molecule has 1 fully saturated rings. The summed E-state index contributed by atoms with van der Waals surface area (Å²) in [6.07, 6.45) is -2.77. The fourth-order valence-corrected chi connectivity index (χ4v) is 4.21. The van der Waals surface area contributed by atoms with Gasteiger partial charge in [-0.25, -0.2) is 13.1 Å². The Balaban J connectivity index is 2.17. The molecule has 1 aliphatic heterocycles. The molecule has 2 rings (SSSR count). The first-order valence-corrected chi connectivity index (χ1v) is 9.22. The molecule has 1 aromatic carbocycles. The Hall–Kier alpha value is -0.830. The van der Waals surface area contributed by atoms with E-state index in [0.29, 0.717) is 6.07 Å². The Bertz CT molecular complexity index is 664. The Kier molecular flexibility index (Phi) is 5.60. The minimum atomic E-state index is -4.70. The molecule has 2 N–H and O–H groups in total. The molecule has 1 aromatic rings. The summed E-state index contributed by atoms with van der Waals surface area (Å²) < 4.78 is 65.4. The summed E-state index contributed by atoms with van der Waals surface area (Å²) in [4.78, 5) is 0.880. The van der Waals surface area contributed by atoms with E-state index in [1.807, 2.05) is 6.92 Å². The SMILES string of the molecule is CC[NH+]1CCC[C@H]1CNS(=O)(=O)c1ccc(Cl)c(C(F)(F)F)c1. The minimum Gasteiger partial charge on any atom is -0.332 e. The highest BCUT2D eigenvalue weighted by molar-refractivity contribution is 7.89. The van der Waals surface area contributed by atoms with Crippen LogP contribution < -0.4 is 9.62 Å². The Morgan fingerprint density at radius 3 is 2.70 bits per heavy atom. The summed E-state index contributed by atoms with van der Waals surface area (Å²) >= 11 is 5.51. The summed E-state index contributed by atoms with van der Waals surface area (Å²) in [6, 6.07) is 2.77. The summed E-state index contributed by atoms with van der Waals surface area (Å²) in [5.41, 5.74) is -1.15. The Labute approximate surface area is 138 Å². The molecule has 23 heavy (non-hydrogen) atoms. The second-order valence-corrected chi connectivity index (χ2v) is 7.77. The predicted octanol–water partition coefficient (Wildman–Crippen LogP) is 1.70. The van der Waals surface area contributed by atoms with E-state index in [1.165, 1.54) is 4.90 Å². The van der Waals surface area contributed by atoms with E-state index in [0.717, 1.165) is 38.1 Å². The van der Waals surface area contributed by atoms with E-state index in [-0.39, 0.29) is 12.6 Å². The molecule has 0 saturated carbocycles. The van der Waals surface area contributed by atoms with Gasteiger partial charge in [-0.15, -0.1) is 0 Å². The highest BCUT2D eigenvalue weighted by Gasteiger charge is 2.35. The zero-order valence-corrected chi connectivity index (χ0v) is 14.2. The first-order chi connectivity index (χ1) is 10.6. The van der Waals surface area contributed by atoms with Gasteiger partial charge in [-0.2, -0.15) is 13.2 Å². The first kappa shape index (κ1) is 18.5. The lowest BCUT2D eigenvalue weighted by molar-refractivity contribution is -0.909. The van der Waals surface area contributed by atoms with Crippen LogP contribution >= 0.6 is 11.6 Å². The molecule has 1 saturated heterocycles. The van der Waals surface area contributed by atoms with Gasteiger partial charge in [0.2, 0.25) is 10.0 Å². The molecule has 0 radical (unpaired) electrons. The van der Waals surface area contributed by atoms with E-state index < -0.39 is 31.7 Å². The molecular weight excluding hydrogens is 353 g/mol. The zero-order valence-electron chi connectivity index (χ0n) is 12.6. The second-order valence-electron chi connectivity index (χ2n) is 5.59. The van der Waals surface area contributed by atoms with E-state index in [9.17, 15) is 21.6 Å². The molecule has 2 atom stereocenters. The van der Waals surface area contributed by atoms with Crippen molar-refractivity contribution in [3.05, 3.63) is 28.8 Å². The quantitative estimate of drug-likeness (QED) is 0.827. The number of nitrogens with one attached hydrogen (secondary N) is 2. The van der Waals surface area contributed by atoms with E-state index in [2.05, 4.69) is 4.72 Å². The number of alkyl halides is 3. The molecule has 0 spiro atoms. The largest absolute Gasteiger partial charge is 0.417 e. The monoisotopic (exact) mass is 371 g/mol. The molecule has 0 aromatic heterocycles. The second kappa shape index (κ2) is 6.96. The van der Waals surface area contributed by atoms with E-state index in [1.54, 1.807) is 0 Å². The van der Waals surface area contributed by atoms with Gasteiger partial charge in [0.1, 0.15) is 6.04 Å². The van der Waals surface area contributed by atoms with Crippen molar-refractivity contribution in [2.75, 3.05) is 19.6 Å². The smallest absolute Gasteiger partial charge is 0.332 e. The van der Waals surface area contributed by atoms with Crippen LogP contribution in [0, 0.1) is 0 Å². The summed E-state index contributed by atoms with van der Waals surface area (Å²) in [5.74, 6) is 0. The molecule has 4 nitrogen and oxygen atoms in total.